The van der Waals surface area contributed by atoms with Crippen LogP contribution in [0.2, 0.25) is 0 Å². The van der Waals surface area contributed by atoms with Crippen molar-refractivity contribution in [2.45, 2.75) is 53.5 Å². The fourth-order valence-electron chi connectivity index (χ4n) is 3.43. The van der Waals surface area contributed by atoms with Gasteiger partial charge in [-0.05, 0) is 86.0 Å². The molecule has 0 radical (unpaired) electrons. The van der Waals surface area contributed by atoms with E-state index in [-0.39, 0.29) is 0 Å². The Morgan fingerprint density at radius 1 is 1.10 bits per heavy atom. The van der Waals surface area contributed by atoms with E-state index in [1.807, 2.05) is 13.6 Å². The zero-order valence-electron chi connectivity index (χ0n) is 19.2. The minimum absolute atomic E-state index is 1.01. The van der Waals surface area contributed by atoms with Gasteiger partial charge in [0.1, 0.15) is 19.3 Å². The second kappa shape index (κ2) is 16.1. The third kappa shape index (κ3) is 8.34. The van der Waals surface area contributed by atoms with Crippen LogP contribution in [0, 0.1) is 13.8 Å². The van der Waals surface area contributed by atoms with Gasteiger partial charge in [0.05, 0.1) is 7.11 Å². The van der Waals surface area contributed by atoms with Crippen LogP contribution in [0.25, 0.3) is 6.08 Å². The lowest BCUT2D eigenvalue weighted by Gasteiger charge is -2.12. The number of allylic oxidation sites excluding steroid dienone is 1. The van der Waals surface area contributed by atoms with Crippen LogP contribution in [0.5, 0.6) is 5.75 Å². The number of rotatable bonds is 3. The van der Waals surface area contributed by atoms with Crippen molar-refractivity contribution < 1.29 is 14.3 Å². The van der Waals surface area contributed by atoms with Crippen molar-refractivity contribution in [2.24, 2.45) is 0 Å². The maximum atomic E-state index is 8.00. The van der Waals surface area contributed by atoms with Crippen LogP contribution in [0.3, 0.4) is 0 Å². The van der Waals surface area contributed by atoms with Crippen molar-refractivity contribution in [3.05, 3.63) is 69.8 Å². The SMILES string of the molecule is C/C=C\c1c(C)ccc2c1CNCCC2.C=O.C=O.CCc1ccc(C)cc1OC. The second-order valence-electron chi connectivity index (χ2n) is 6.88. The van der Waals surface area contributed by atoms with Crippen molar-refractivity contribution in [3.63, 3.8) is 0 Å². The molecule has 0 spiro atoms. The number of benzene rings is 2. The van der Waals surface area contributed by atoms with Crippen LogP contribution in [0.4, 0.5) is 0 Å². The Morgan fingerprint density at radius 2 is 1.80 bits per heavy atom. The lowest BCUT2D eigenvalue weighted by atomic mass is 9.94. The van der Waals surface area contributed by atoms with Crippen LogP contribution < -0.4 is 10.1 Å². The standard InChI is InChI=1S/C14H19N.C10H14O.2CH2O/c1-3-5-13-11(2)7-8-12-6-4-9-15-10-14(12)13;1-4-9-6-5-8(2)7-10(9)11-3;2*1-2/h3,5,7-8,15H,4,6,9-10H2,1-2H3;5-7H,4H2,1-3H3;2*1H2/b5-3-;;;. The molecule has 0 saturated heterocycles. The third-order valence-electron chi connectivity index (χ3n) is 4.93. The fourth-order valence-corrected chi connectivity index (χ4v) is 3.43. The highest BCUT2D eigenvalue weighted by molar-refractivity contribution is 5.60. The summed E-state index contributed by atoms with van der Waals surface area (Å²) >= 11 is 0. The number of hydrogen-bond acceptors (Lipinski definition) is 4. The van der Waals surface area contributed by atoms with E-state index < -0.39 is 0 Å². The first-order valence-electron chi connectivity index (χ1n) is 10.3. The van der Waals surface area contributed by atoms with Crippen LogP contribution in [-0.4, -0.2) is 27.2 Å². The lowest BCUT2D eigenvalue weighted by Crippen LogP contribution is -2.13. The van der Waals surface area contributed by atoms with Crippen molar-refractivity contribution in [1.82, 2.24) is 5.32 Å². The number of carbonyl (C=O) groups is 2. The molecule has 3 rings (SSSR count). The summed E-state index contributed by atoms with van der Waals surface area (Å²) in [7, 11) is 1.72. The van der Waals surface area contributed by atoms with Gasteiger partial charge in [-0.25, -0.2) is 0 Å². The smallest absolute Gasteiger partial charge is 0.122 e. The van der Waals surface area contributed by atoms with Crippen LogP contribution in [-0.2, 0) is 29.0 Å². The van der Waals surface area contributed by atoms with E-state index in [1.165, 1.54) is 46.2 Å². The zero-order chi connectivity index (χ0) is 22.9. The summed E-state index contributed by atoms with van der Waals surface area (Å²) in [5.41, 5.74) is 8.36. The Kier molecular flexibility index (Phi) is 14.7. The summed E-state index contributed by atoms with van der Waals surface area (Å²) in [5.74, 6) is 1.01. The third-order valence-corrected chi connectivity index (χ3v) is 4.93. The summed E-state index contributed by atoms with van der Waals surface area (Å²) < 4.78 is 5.22. The summed E-state index contributed by atoms with van der Waals surface area (Å²) in [5, 5.41) is 3.50. The van der Waals surface area contributed by atoms with E-state index in [9.17, 15) is 0 Å². The Balaban J connectivity index is 0.000000498. The number of aryl methyl sites for hydroxylation is 4. The van der Waals surface area contributed by atoms with E-state index in [1.54, 1.807) is 7.11 Å². The van der Waals surface area contributed by atoms with E-state index in [4.69, 9.17) is 14.3 Å². The first-order chi connectivity index (χ1) is 14.6. The van der Waals surface area contributed by atoms with Gasteiger partial charge in [-0.15, -0.1) is 0 Å². The summed E-state index contributed by atoms with van der Waals surface area (Å²) in [6.07, 6.45) is 7.87. The molecule has 0 atom stereocenters. The highest BCUT2D eigenvalue weighted by atomic mass is 16.5. The molecule has 1 N–H and O–H groups in total. The van der Waals surface area contributed by atoms with Crippen molar-refractivity contribution in [3.8, 4) is 5.75 Å². The van der Waals surface area contributed by atoms with E-state index >= 15 is 0 Å². The second-order valence-corrected chi connectivity index (χ2v) is 6.88. The van der Waals surface area contributed by atoms with Gasteiger partial charge >= 0.3 is 0 Å². The Labute approximate surface area is 182 Å². The number of nitrogens with one attached hydrogen (secondary N) is 1. The quantitative estimate of drug-likeness (QED) is 0.748. The molecular weight excluding hydrogens is 374 g/mol. The number of fused-ring (bicyclic) bond motifs is 1. The molecule has 4 heteroatoms. The molecule has 0 saturated carbocycles. The predicted octanol–water partition coefficient (Wildman–Crippen LogP) is 5.26. The summed E-state index contributed by atoms with van der Waals surface area (Å²) in [4.78, 5) is 16.0. The van der Waals surface area contributed by atoms with Crippen molar-refractivity contribution >= 4 is 19.7 Å². The van der Waals surface area contributed by atoms with Gasteiger partial charge in [-0.3, -0.25) is 0 Å². The van der Waals surface area contributed by atoms with Gasteiger partial charge in [-0.2, -0.15) is 0 Å². The van der Waals surface area contributed by atoms with E-state index in [0.29, 0.717) is 0 Å². The van der Waals surface area contributed by atoms with Gasteiger partial charge in [0.25, 0.3) is 0 Å². The normalized spacial score (nSPS) is 12.0. The van der Waals surface area contributed by atoms with Crippen LogP contribution in [0.15, 0.2) is 36.4 Å². The molecule has 1 aliphatic heterocycles. The molecular formula is C26H37NO3. The first-order valence-corrected chi connectivity index (χ1v) is 10.3. The summed E-state index contributed by atoms with van der Waals surface area (Å²) in [6, 6.07) is 10.8. The lowest BCUT2D eigenvalue weighted by molar-refractivity contribution is -0.0987. The van der Waals surface area contributed by atoms with Gasteiger partial charge in [0.15, 0.2) is 0 Å². The average molecular weight is 412 g/mol. The molecule has 164 valence electrons. The minimum Gasteiger partial charge on any atom is -0.496 e. The highest BCUT2D eigenvalue weighted by Crippen LogP contribution is 2.23. The average Bonchev–Trinajstić information content (AvgIpc) is 3.04. The number of hydrogen-bond donors (Lipinski definition) is 1. The largest absolute Gasteiger partial charge is 0.496 e. The molecule has 0 fully saturated rings. The summed E-state index contributed by atoms with van der Waals surface area (Å²) in [6.45, 7) is 14.7. The first kappa shape index (κ1) is 27.3. The Hall–Kier alpha value is -2.72. The van der Waals surface area contributed by atoms with E-state index in [2.05, 4.69) is 75.5 Å². The molecule has 2 aromatic rings. The molecule has 4 nitrogen and oxygen atoms in total. The molecule has 0 bridgehead atoms. The highest BCUT2D eigenvalue weighted by Gasteiger charge is 2.11. The fraction of sp³-hybridized carbons (Fsp3) is 0.385. The van der Waals surface area contributed by atoms with Gasteiger partial charge < -0.3 is 19.6 Å². The number of carbonyl (C=O) groups excluding carboxylic acids is 2. The van der Waals surface area contributed by atoms with Crippen molar-refractivity contribution in [2.75, 3.05) is 13.7 Å². The maximum Gasteiger partial charge on any atom is 0.122 e. The molecule has 1 aliphatic rings. The zero-order valence-corrected chi connectivity index (χ0v) is 19.2. The number of ether oxygens (including phenoxy) is 1. The molecule has 0 unspecified atom stereocenters. The molecule has 0 aliphatic carbocycles. The maximum absolute atomic E-state index is 8.00. The van der Waals surface area contributed by atoms with Gasteiger partial charge in [0, 0.05) is 6.54 Å². The Morgan fingerprint density at radius 3 is 2.40 bits per heavy atom. The minimum atomic E-state index is 1.01. The predicted molar refractivity (Wildman–Crippen MR) is 127 cm³/mol. The number of methoxy groups -OCH3 is 1. The molecule has 30 heavy (non-hydrogen) atoms. The molecule has 0 aromatic heterocycles. The van der Waals surface area contributed by atoms with Crippen LogP contribution >= 0.6 is 0 Å². The van der Waals surface area contributed by atoms with Gasteiger partial charge in [0.2, 0.25) is 0 Å². The molecule has 1 heterocycles. The van der Waals surface area contributed by atoms with Crippen molar-refractivity contribution in [1.29, 1.82) is 0 Å². The van der Waals surface area contributed by atoms with Gasteiger partial charge in [-0.1, -0.05) is 43.3 Å². The molecule has 0 amide bonds. The van der Waals surface area contributed by atoms with Crippen LogP contribution in [0.1, 0.15) is 53.6 Å². The Bertz CT molecular complexity index is 782. The van der Waals surface area contributed by atoms with E-state index in [0.717, 1.165) is 25.3 Å². The monoisotopic (exact) mass is 411 g/mol. The molecule has 2 aromatic carbocycles. The topological polar surface area (TPSA) is 55.4 Å².